The quantitative estimate of drug-likeness (QED) is 0.707. The molecule has 0 spiro atoms. The molecule has 1 atom stereocenters. The van der Waals surface area contributed by atoms with Crippen molar-refractivity contribution >= 4 is 11.6 Å². The van der Waals surface area contributed by atoms with E-state index >= 15 is 0 Å². The molecule has 6 heteroatoms. The number of ether oxygens (including phenoxy) is 1. The SMILES string of the molecule is CCn1cc(NC(=O)C(N)CCCOC)ccc1=O. The number of nitrogens with zero attached hydrogens (tertiary/aromatic N) is 1. The van der Waals surface area contributed by atoms with Crippen molar-refractivity contribution in [3.63, 3.8) is 0 Å². The number of nitrogens with two attached hydrogens (primary N) is 1. The molecule has 0 aromatic carbocycles. The molecule has 0 aliphatic carbocycles. The number of nitrogens with one attached hydrogen (secondary N) is 1. The van der Waals surface area contributed by atoms with Gasteiger partial charge in [0.1, 0.15) is 0 Å². The van der Waals surface area contributed by atoms with E-state index in [9.17, 15) is 9.59 Å². The highest BCUT2D eigenvalue weighted by atomic mass is 16.5. The van der Waals surface area contributed by atoms with Crippen molar-refractivity contribution in [2.75, 3.05) is 19.0 Å². The molecular weight excluding hydrogens is 246 g/mol. The highest BCUT2D eigenvalue weighted by Crippen LogP contribution is 2.05. The standard InChI is InChI=1S/C13H21N3O3/c1-3-16-9-10(6-7-12(16)17)15-13(18)11(14)5-4-8-19-2/h6-7,9,11H,3-5,8,14H2,1-2H3,(H,15,18). The molecule has 0 aliphatic heterocycles. The van der Waals surface area contributed by atoms with Crippen LogP contribution in [0.5, 0.6) is 0 Å². The Kier molecular flexibility index (Phi) is 6.24. The number of aromatic nitrogens is 1. The maximum atomic E-state index is 11.8. The monoisotopic (exact) mass is 267 g/mol. The average molecular weight is 267 g/mol. The first-order valence-electron chi connectivity index (χ1n) is 6.34. The summed E-state index contributed by atoms with van der Waals surface area (Å²) in [5.74, 6) is -0.252. The van der Waals surface area contributed by atoms with Crippen LogP contribution in [0.25, 0.3) is 0 Å². The second kappa shape index (κ2) is 7.70. The summed E-state index contributed by atoms with van der Waals surface area (Å²) >= 11 is 0. The number of hydrogen-bond acceptors (Lipinski definition) is 4. The summed E-state index contributed by atoms with van der Waals surface area (Å²) < 4.78 is 6.43. The smallest absolute Gasteiger partial charge is 0.250 e. The minimum atomic E-state index is -0.572. The van der Waals surface area contributed by atoms with E-state index < -0.39 is 6.04 Å². The van der Waals surface area contributed by atoms with Gasteiger partial charge in [-0.3, -0.25) is 9.59 Å². The first-order valence-corrected chi connectivity index (χ1v) is 6.34. The molecule has 106 valence electrons. The predicted octanol–water partition coefficient (Wildman–Crippen LogP) is 0.561. The summed E-state index contributed by atoms with van der Waals surface area (Å²) in [6, 6.07) is 2.43. The van der Waals surface area contributed by atoms with Crippen LogP contribution in [-0.2, 0) is 16.1 Å². The normalized spacial score (nSPS) is 12.2. The van der Waals surface area contributed by atoms with Gasteiger partial charge in [0.25, 0.3) is 5.56 Å². The molecule has 1 unspecified atom stereocenters. The van der Waals surface area contributed by atoms with Gasteiger partial charge in [0.15, 0.2) is 0 Å². The zero-order chi connectivity index (χ0) is 14.3. The topological polar surface area (TPSA) is 86.3 Å². The molecule has 1 amide bonds. The molecule has 0 saturated heterocycles. The number of rotatable bonds is 7. The van der Waals surface area contributed by atoms with Crippen molar-refractivity contribution in [2.24, 2.45) is 5.73 Å². The molecule has 0 radical (unpaired) electrons. The van der Waals surface area contributed by atoms with Gasteiger partial charge >= 0.3 is 0 Å². The van der Waals surface area contributed by atoms with E-state index in [1.54, 1.807) is 19.4 Å². The van der Waals surface area contributed by atoms with Gasteiger partial charge in [-0.05, 0) is 25.8 Å². The van der Waals surface area contributed by atoms with E-state index in [0.29, 0.717) is 25.3 Å². The van der Waals surface area contributed by atoms with Crippen molar-refractivity contribution in [1.29, 1.82) is 0 Å². The van der Waals surface area contributed by atoms with Gasteiger partial charge in [-0.15, -0.1) is 0 Å². The minimum Gasteiger partial charge on any atom is -0.385 e. The number of amides is 1. The lowest BCUT2D eigenvalue weighted by Gasteiger charge is -2.12. The number of anilines is 1. The van der Waals surface area contributed by atoms with Crippen molar-refractivity contribution in [3.8, 4) is 0 Å². The van der Waals surface area contributed by atoms with Crippen molar-refractivity contribution in [1.82, 2.24) is 4.57 Å². The van der Waals surface area contributed by atoms with Crippen LogP contribution in [0.2, 0.25) is 0 Å². The van der Waals surface area contributed by atoms with E-state index in [-0.39, 0.29) is 11.5 Å². The summed E-state index contributed by atoms with van der Waals surface area (Å²) in [5.41, 5.74) is 6.25. The molecule has 1 heterocycles. The molecule has 3 N–H and O–H groups in total. The first-order chi connectivity index (χ1) is 9.08. The third kappa shape index (κ3) is 4.84. The van der Waals surface area contributed by atoms with Gasteiger partial charge in [0, 0.05) is 32.5 Å². The van der Waals surface area contributed by atoms with Gasteiger partial charge in [-0.1, -0.05) is 0 Å². The number of pyridine rings is 1. The summed E-state index contributed by atoms with van der Waals surface area (Å²) in [4.78, 5) is 23.2. The Balaban J connectivity index is 2.58. The first kappa shape index (κ1) is 15.4. The number of aryl methyl sites for hydroxylation is 1. The lowest BCUT2D eigenvalue weighted by Crippen LogP contribution is -2.36. The van der Waals surface area contributed by atoms with Gasteiger partial charge in [-0.25, -0.2) is 0 Å². The third-order valence-electron chi connectivity index (χ3n) is 2.79. The summed E-state index contributed by atoms with van der Waals surface area (Å²) in [6.07, 6.45) is 2.91. The fourth-order valence-corrected chi connectivity index (χ4v) is 1.67. The maximum Gasteiger partial charge on any atom is 0.250 e. The molecule has 0 saturated carbocycles. The Labute approximate surface area is 112 Å². The van der Waals surface area contributed by atoms with Crippen LogP contribution in [-0.4, -0.2) is 30.2 Å². The van der Waals surface area contributed by atoms with Crippen molar-refractivity contribution < 1.29 is 9.53 Å². The fraction of sp³-hybridized carbons (Fsp3) is 0.538. The summed E-state index contributed by atoms with van der Waals surface area (Å²) in [5, 5.41) is 2.71. The Bertz CT molecular complexity index is 470. The van der Waals surface area contributed by atoms with Crippen LogP contribution in [0, 0.1) is 0 Å². The van der Waals surface area contributed by atoms with Crippen LogP contribution in [0.4, 0.5) is 5.69 Å². The van der Waals surface area contributed by atoms with Crippen LogP contribution < -0.4 is 16.6 Å². The number of carbonyl (C=O) groups is 1. The number of hydrogen-bond donors (Lipinski definition) is 2. The van der Waals surface area contributed by atoms with Crippen molar-refractivity contribution in [3.05, 3.63) is 28.7 Å². The number of methoxy groups -OCH3 is 1. The second-order valence-corrected chi connectivity index (χ2v) is 4.27. The van der Waals surface area contributed by atoms with Gasteiger partial charge in [-0.2, -0.15) is 0 Å². The van der Waals surface area contributed by atoms with Crippen LogP contribution in [0.3, 0.4) is 0 Å². The fourth-order valence-electron chi connectivity index (χ4n) is 1.67. The summed E-state index contributed by atoms with van der Waals surface area (Å²) in [7, 11) is 1.61. The number of carbonyl (C=O) groups excluding carboxylic acids is 1. The molecule has 0 aliphatic rings. The van der Waals surface area contributed by atoms with Gasteiger partial charge in [0.05, 0.1) is 11.7 Å². The predicted molar refractivity (Wildman–Crippen MR) is 74.1 cm³/mol. The summed E-state index contributed by atoms with van der Waals surface area (Å²) in [6.45, 7) is 3.01. The average Bonchev–Trinajstić information content (AvgIpc) is 2.41. The third-order valence-corrected chi connectivity index (χ3v) is 2.79. The van der Waals surface area contributed by atoms with Crippen LogP contribution >= 0.6 is 0 Å². The second-order valence-electron chi connectivity index (χ2n) is 4.27. The van der Waals surface area contributed by atoms with Crippen LogP contribution in [0.1, 0.15) is 19.8 Å². The molecule has 1 aromatic rings. The molecule has 0 fully saturated rings. The molecule has 1 rings (SSSR count). The Morgan fingerprint density at radius 3 is 2.89 bits per heavy atom. The Hall–Kier alpha value is -1.66. The Morgan fingerprint density at radius 1 is 1.53 bits per heavy atom. The van der Waals surface area contributed by atoms with Gasteiger partial charge < -0.3 is 20.4 Å². The minimum absolute atomic E-state index is 0.0927. The molecular formula is C13H21N3O3. The van der Waals surface area contributed by atoms with Gasteiger partial charge in [0.2, 0.25) is 5.91 Å². The Morgan fingerprint density at radius 2 is 2.26 bits per heavy atom. The van der Waals surface area contributed by atoms with E-state index in [0.717, 1.165) is 6.42 Å². The highest BCUT2D eigenvalue weighted by Gasteiger charge is 2.13. The van der Waals surface area contributed by atoms with E-state index in [4.69, 9.17) is 10.5 Å². The molecule has 19 heavy (non-hydrogen) atoms. The largest absolute Gasteiger partial charge is 0.385 e. The van der Waals surface area contributed by atoms with E-state index in [1.807, 2.05) is 6.92 Å². The zero-order valence-electron chi connectivity index (χ0n) is 11.4. The molecule has 0 bridgehead atoms. The maximum absolute atomic E-state index is 11.8. The molecule has 1 aromatic heterocycles. The highest BCUT2D eigenvalue weighted by molar-refractivity contribution is 5.94. The van der Waals surface area contributed by atoms with E-state index in [1.165, 1.54) is 10.6 Å². The van der Waals surface area contributed by atoms with Crippen LogP contribution in [0.15, 0.2) is 23.1 Å². The van der Waals surface area contributed by atoms with E-state index in [2.05, 4.69) is 5.32 Å². The lowest BCUT2D eigenvalue weighted by atomic mass is 10.1. The zero-order valence-corrected chi connectivity index (χ0v) is 11.4. The molecule has 6 nitrogen and oxygen atoms in total. The lowest BCUT2D eigenvalue weighted by molar-refractivity contribution is -0.117. The van der Waals surface area contributed by atoms with Crippen molar-refractivity contribution in [2.45, 2.75) is 32.4 Å².